The largest absolute Gasteiger partial charge is 0.337 e. The first kappa shape index (κ1) is 20.6. The molecular weight excluding hydrogens is 384 g/mol. The summed E-state index contributed by atoms with van der Waals surface area (Å²) in [6.45, 7) is 4.33. The fraction of sp³-hybridized carbons (Fsp3) is 0.174. The van der Waals surface area contributed by atoms with Crippen molar-refractivity contribution in [1.29, 1.82) is 0 Å². The highest BCUT2D eigenvalue weighted by atomic mass is 32.2. The zero-order valence-electron chi connectivity index (χ0n) is 16.7. The van der Waals surface area contributed by atoms with Crippen LogP contribution < -0.4 is 4.72 Å². The Morgan fingerprint density at radius 2 is 1.41 bits per heavy atom. The Morgan fingerprint density at radius 3 is 2.03 bits per heavy atom. The van der Waals surface area contributed by atoms with E-state index in [1.807, 2.05) is 38.1 Å². The van der Waals surface area contributed by atoms with Gasteiger partial charge in [-0.25, -0.2) is 8.42 Å². The lowest BCUT2D eigenvalue weighted by Crippen LogP contribution is -2.27. The number of carbonyl (C=O) groups excluding carboxylic acids is 1. The quantitative estimate of drug-likeness (QED) is 0.658. The third kappa shape index (κ3) is 5.03. The van der Waals surface area contributed by atoms with Crippen LogP contribution in [0.2, 0.25) is 0 Å². The molecule has 29 heavy (non-hydrogen) atoms. The maximum absolute atomic E-state index is 13.0. The lowest BCUT2D eigenvalue weighted by Gasteiger charge is -2.20. The highest BCUT2D eigenvalue weighted by Crippen LogP contribution is 2.22. The number of hydrogen-bond acceptors (Lipinski definition) is 3. The van der Waals surface area contributed by atoms with Crippen LogP contribution in [0.3, 0.4) is 0 Å². The molecule has 0 bridgehead atoms. The van der Waals surface area contributed by atoms with Crippen molar-refractivity contribution in [2.75, 3.05) is 11.8 Å². The number of nitrogens with zero attached hydrogens (tertiary/aromatic N) is 1. The molecule has 0 radical (unpaired) electrons. The van der Waals surface area contributed by atoms with Crippen molar-refractivity contribution < 1.29 is 13.2 Å². The smallest absolute Gasteiger partial charge is 0.261 e. The average molecular weight is 409 g/mol. The monoisotopic (exact) mass is 408 g/mol. The Balaban J connectivity index is 1.83. The first-order valence-electron chi connectivity index (χ1n) is 9.26. The van der Waals surface area contributed by atoms with E-state index < -0.39 is 10.0 Å². The molecule has 1 amide bonds. The molecule has 0 aliphatic rings. The molecule has 0 aliphatic heterocycles. The zero-order valence-corrected chi connectivity index (χ0v) is 17.5. The molecule has 0 saturated heterocycles. The van der Waals surface area contributed by atoms with Crippen LogP contribution in [0.1, 0.15) is 27.0 Å². The summed E-state index contributed by atoms with van der Waals surface area (Å²) in [5.74, 6) is -0.257. The number of hydrogen-bond donors (Lipinski definition) is 1. The molecule has 0 aromatic heterocycles. The highest BCUT2D eigenvalue weighted by molar-refractivity contribution is 7.92. The molecule has 6 heteroatoms. The predicted molar refractivity (Wildman–Crippen MR) is 115 cm³/mol. The molecule has 3 rings (SSSR count). The van der Waals surface area contributed by atoms with E-state index in [2.05, 4.69) is 4.72 Å². The van der Waals surface area contributed by atoms with Crippen LogP contribution in [0.5, 0.6) is 0 Å². The van der Waals surface area contributed by atoms with Crippen LogP contribution >= 0.6 is 0 Å². The van der Waals surface area contributed by atoms with Gasteiger partial charge in [-0.05, 0) is 43.7 Å². The summed E-state index contributed by atoms with van der Waals surface area (Å²) in [6.07, 6.45) is 0. The van der Waals surface area contributed by atoms with Crippen LogP contribution in [0, 0.1) is 13.8 Å². The normalized spacial score (nSPS) is 11.1. The molecule has 0 aliphatic carbocycles. The van der Waals surface area contributed by atoms with E-state index in [9.17, 15) is 13.2 Å². The summed E-state index contributed by atoms with van der Waals surface area (Å²) in [6, 6.07) is 21.2. The van der Waals surface area contributed by atoms with Gasteiger partial charge in [-0.3, -0.25) is 9.52 Å². The Bertz CT molecular complexity index is 1110. The topological polar surface area (TPSA) is 66.5 Å². The number of amides is 1. The molecule has 3 aromatic carbocycles. The number of anilines is 1. The Kier molecular flexibility index (Phi) is 6.03. The molecule has 0 fully saturated rings. The van der Waals surface area contributed by atoms with E-state index in [4.69, 9.17) is 0 Å². The number of benzene rings is 3. The molecule has 0 saturated carbocycles. The Labute approximate surface area is 172 Å². The van der Waals surface area contributed by atoms with Gasteiger partial charge in [0.1, 0.15) is 0 Å². The van der Waals surface area contributed by atoms with Crippen molar-refractivity contribution in [3.63, 3.8) is 0 Å². The van der Waals surface area contributed by atoms with Gasteiger partial charge in [0.25, 0.3) is 15.9 Å². The average Bonchev–Trinajstić information content (AvgIpc) is 2.69. The minimum atomic E-state index is -3.80. The third-order valence-electron chi connectivity index (χ3n) is 4.62. The summed E-state index contributed by atoms with van der Waals surface area (Å²) >= 11 is 0. The summed E-state index contributed by atoms with van der Waals surface area (Å²) in [5.41, 5.74) is 3.69. The number of aryl methyl sites for hydroxylation is 2. The number of nitrogens with one attached hydrogen (secondary N) is 1. The minimum absolute atomic E-state index is 0.151. The summed E-state index contributed by atoms with van der Waals surface area (Å²) < 4.78 is 28.0. The maximum atomic E-state index is 13.0. The lowest BCUT2D eigenvalue weighted by molar-refractivity contribution is 0.0786. The summed E-state index contributed by atoms with van der Waals surface area (Å²) in [4.78, 5) is 14.7. The number of carbonyl (C=O) groups is 1. The molecule has 0 atom stereocenters. The van der Waals surface area contributed by atoms with Crippen molar-refractivity contribution in [3.05, 3.63) is 95.1 Å². The van der Waals surface area contributed by atoms with E-state index in [0.717, 1.165) is 16.7 Å². The van der Waals surface area contributed by atoms with Gasteiger partial charge in [-0.1, -0.05) is 59.7 Å². The van der Waals surface area contributed by atoms with Crippen molar-refractivity contribution in [1.82, 2.24) is 4.90 Å². The van der Waals surface area contributed by atoms with E-state index in [1.54, 1.807) is 60.5 Å². The SMILES string of the molecule is Cc1ccc(CN(C)C(=O)c2ccccc2NS(=O)(=O)c2ccc(C)cc2)cc1. The summed E-state index contributed by atoms with van der Waals surface area (Å²) in [7, 11) is -2.09. The van der Waals surface area contributed by atoms with Crippen LogP contribution in [-0.4, -0.2) is 26.3 Å². The second-order valence-corrected chi connectivity index (χ2v) is 8.79. The van der Waals surface area contributed by atoms with Gasteiger partial charge in [0.2, 0.25) is 0 Å². The van der Waals surface area contributed by atoms with Crippen molar-refractivity contribution in [2.24, 2.45) is 0 Å². The van der Waals surface area contributed by atoms with Crippen LogP contribution in [0.15, 0.2) is 77.7 Å². The van der Waals surface area contributed by atoms with Gasteiger partial charge in [-0.2, -0.15) is 0 Å². The molecule has 3 aromatic rings. The predicted octanol–water partition coefficient (Wildman–Crippen LogP) is 4.38. The second-order valence-electron chi connectivity index (χ2n) is 7.11. The lowest BCUT2D eigenvalue weighted by atomic mass is 10.1. The highest BCUT2D eigenvalue weighted by Gasteiger charge is 2.20. The Hall–Kier alpha value is -3.12. The molecule has 150 valence electrons. The van der Waals surface area contributed by atoms with E-state index in [0.29, 0.717) is 12.1 Å². The van der Waals surface area contributed by atoms with Crippen LogP contribution in [0.25, 0.3) is 0 Å². The Morgan fingerprint density at radius 1 is 0.862 bits per heavy atom. The van der Waals surface area contributed by atoms with Gasteiger partial charge in [0, 0.05) is 13.6 Å². The fourth-order valence-corrected chi connectivity index (χ4v) is 4.00. The van der Waals surface area contributed by atoms with E-state index in [1.165, 1.54) is 0 Å². The third-order valence-corrected chi connectivity index (χ3v) is 6.00. The first-order valence-corrected chi connectivity index (χ1v) is 10.7. The summed E-state index contributed by atoms with van der Waals surface area (Å²) in [5, 5.41) is 0. The fourth-order valence-electron chi connectivity index (χ4n) is 2.92. The molecule has 0 spiro atoms. The van der Waals surface area contributed by atoms with Crippen molar-refractivity contribution >= 4 is 21.6 Å². The van der Waals surface area contributed by atoms with E-state index >= 15 is 0 Å². The van der Waals surface area contributed by atoms with Gasteiger partial charge in [0.15, 0.2) is 0 Å². The van der Waals surface area contributed by atoms with Gasteiger partial charge < -0.3 is 4.90 Å². The molecular formula is C23H24N2O3S. The zero-order chi connectivity index (χ0) is 21.0. The molecule has 0 unspecified atom stereocenters. The maximum Gasteiger partial charge on any atom is 0.261 e. The number of rotatable bonds is 6. The van der Waals surface area contributed by atoms with Gasteiger partial charge >= 0.3 is 0 Å². The minimum Gasteiger partial charge on any atom is -0.337 e. The molecule has 0 heterocycles. The van der Waals surface area contributed by atoms with Gasteiger partial charge in [-0.15, -0.1) is 0 Å². The van der Waals surface area contributed by atoms with Crippen LogP contribution in [0.4, 0.5) is 5.69 Å². The van der Waals surface area contributed by atoms with Crippen molar-refractivity contribution in [2.45, 2.75) is 25.3 Å². The van der Waals surface area contributed by atoms with Crippen molar-refractivity contribution in [3.8, 4) is 0 Å². The van der Waals surface area contributed by atoms with Crippen LogP contribution in [-0.2, 0) is 16.6 Å². The second kappa shape index (κ2) is 8.49. The van der Waals surface area contributed by atoms with E-state index in [-0.39, 0.29) is 16.5 Å². The molecule has 5 nitrogen and oxygen atoms in total. The molecule has 1 N–H and O–H groups in total. The number of sulfonamides is 1. The first-order chi connectivity index (χ1) is 13.8. The number of para-hydroxylation sites is 1. The van der Waals surface area contributed by atoms with Gasteiger partial charge in [0.05, 0.1) is 16.1 Å². The standard InChI is InChI=1S/C23H24N2O3S/c1-17-8-12-19(13-9-17)16-25(3)23(26)21-6-4-5-7-22(21)24-29(27,28)20-14-10-18(2)11-15-20/h4-15,24H,16H2,1-3H3.